The van der Waals surface area contributed by atoms with Crippen LogP contribution < -0.4 is 5.73 Å². The number of hydrogen-bond acceptors (Lipinski definition) is 3. The van der Waals surface area contributed by atoms with Gasteiger partial charge in [0.25, 0.3) is 0 Å². The lowest BCUT2D eigenvalue weighted by molar-refractivity contribution is -0.137. The average Bonchev–Trinajstić information content (AvgIpc) is 2.55. The smallest absolute Gasteiger partial charge is 0.321 e. The summed E-state index contributed by atoms with van der Waals surface area (Å²) in [6, 6.07) is 2.24. The standard InChI is InChI=1S/C7H10N2O3S/c8-5(7(10)11)4-13(12)6-2-1-3-9-6/h1-3,5,9H,4,8H2,(H,10,11). The van der Waals surface area contributed by atoms with Gasteiger partial charge < -0.3 is 15.8 Å². The third kappa shape index (κ3) is 2.67. The van der Waals surface area contributed by atoms with Crippen LogP contribution in [0.15, 0.2) is 23.4 Å². The molecule has 0 aliphatic rings. The highest BCUT2D eigenvalue weighted by atomic mass is 32.2. The Bertz CT molecular complexity index is 310. The highest BCUT2D eigenvalue weighted by Crippen LogP contribution is 2.02. The van der Waals surface area contributed by atoms with Crippen molar-refractivity contribution in [1.29, 1.82) is 0 Å². The second-order valence-electron chi connectivity index (χ2n) is 2.49. The van der Waals surface area contributed by atoms with E-state index in [4.69, 9.17) is 10.8 Å². The van der Waals surface area contributed by atoms with E-state index in [1.54, 1.807) is 18.3 Å². The van der Waals surface area contributed by atoms with Crippen molar-refractivity contribution in [1.82, 2.24) is 4.98 Å². The third-order valence-corrected chi connectivity index (χ3v) is 2.87. The molecule has 2 atom stereocenters. The molecule has 0 bridgehead atoms. The molecule has 0 aliphatic heterocycles. The molecule has 2 unspecified atom stereocenters. The summed E-state index contributed by atoms with van der Waals surface area (Å²) in [4.78, 5) is 13.1. The van der Waals surface area contributed by atoms with Crippen molar-refractivity contribution < 1.29 is 14.1 Å². The number of carboxylic acid groups (broad SMARTS) is 1. The number of nitrogens with one attached hydrogen (secondary N) is 1. The van der Waals surface area contributed by atoms with Crippen LogP contribution in [0.25, 0.3) is 0 Å². The summed E-state index contributed by atoms with van der Waals surface area (Å²) in [7, 11) is -1.36. The van der Waals surface area contributed by atoms with Gasteiger partial charge in [0.2, 0.25) is 0 Å². The first-order valence-electron chi connectivity index (χ1n) is 3.61. The minimum absolute atomic E-state index is 0.0736. The van der Waals surface area contributed by atoms with E-state index < -0.39 is 22.8 Å². The quantitative estimate of drug-likeness (QED) is 0.615. The molecule has 0 saturated heterocycles. The van der Waals surface area contributed by atoms with Crippen LogP contribution in [-0.2, 0) is 15.6 Å². The molecule has 1 aromatic heterocycles. The van der Waals surface area contributed by atoms with Crippen LogP contribution in [0.3, 0.4) is 0 Å². The van der Waals surface area contributed by atoms with Crippen molar-refractivity contribution in [3.8, 4) is 0 Å². The molecular formula is C7H10N2O3S. The van der Waals surface area contributed by atoms with E-state index in [1.807, 2.05) is 0 Å². The lowest BCUT2D eigenvalue weighted by Gasteiger charge is -2.03. The van der Waals surface area contributed by atoms with Gasteiger partial charge in [-0.25, -0.2) is 0 Å². The molecule has 0 amide bonds. The van der Waals surface area contributed by atoms with Crippen molar-refractivity contribution in [2.75, 3.05) is 5.75 Å². The molecule has 0 fully saturated rings. The fraction of sp³-hybridized carbons (Fsp3) is 0.286. The fourth-order valence-corrected chi connectivity index (χ4v) is 1.86. The van der Waals surface area contributed by atoms with Crippen LogP contribution in [0.5, 0.6) is 0 Å². The molecule has 5 nitrogen and oxygen atoms in total. The second-order valence-corrected chi connectivity index (χ2v) is 3.96. The first-order valence-corrected chi connectivity index (χ1v) is 4.93. The van der Waals surface area contributed by atoms with E-state index >= 15 is 0 Å². The van der Waals surface area contributed by atoms with Gasteiger partial charge in [0.05, 0.1) is 16.6 Å². The van der Waals surface area contributed by atoms with Gasteiger partial charge in [-0.1, -0.05) is 0 Å². The van der Waals surface area contributed by atoms with Crippen molar-refractivity contribution in [3.05, 3.63) is 18.3 Å². The molecule has 6 heteroatoms. The summed E-state index contributed by atoms with van der Waals surface area (Å²) in [5, 5.41) is 8.96. The third-order valence-electron chi connectivity index (χ3n) is 1.46. The van der Waals surface area contributed by atoms with Gasteiger partial charge in [0, 0.05) is 6.20 Å². The SMILES string of the molecule is NC(CS(=O)c1ccc[nH]1)C(=O)O. The normalized spacial score (nSPS) is 15.2. The Morgan fingerprint density at radius 1 is 1.77 bits per heavy atom. The number of aromatic amines is 1. The first-order chi connectivity index (χ1) is 6.11. The zero-order valence-electron chi connectivity index (χ0n) is 6.77. The van der Waals surface area contributed by atoms with Crippen LogP contribution in [0.4, 0.5) is 0 Å². The molecule has 72 valence electrons. The Hall–Kier alpha value is -1.14. The zero-order chi connectivity index (χ0) is 9.84. The number of rotatable bonds is 4. The molecule has 0 saturated carbocycles. The number of aromatic nitrogens is 1. The maximum absolute atomic E-state index is 11.4. The van der Waals surface area contributed by atoms with Crippen LogP contribution >= 0.6 is 0 Å². The van der Waals surface area contributed by atoms with Gasteiger partial charge in [-0.3, -0.25) is 9.00 Å². The lowest BCUT2D eigenvalue weighted by Crippen LogP contribution is -2.35. The average molecular weight is 202 g/mol. The first kappa shape index (κ1) is 9.94. The van der Waals surface area contributed by atoms with Crippen molar-refractivity contribution >= 4 is 16.8 Å². The van der Waals surface area contributed by atoms with Crippen LogP contribution in [0, 0.1) is 0 Å². The van der Waals surface area contributed by atoms with Gasteiger partial charge in [0.15, 0.2) is 0 Å². The number of nitrogens with two attached hydrogens (primary N) is 1. The fourth-order valence-electron chi connectivity index (χ4n) is 0.780. The Labute approximate surface area is 77.4 Å². The molecular weight excluding hydrogens is 192 g/mol. The van der Waals surface area contributed by atoms with Gasteiger partial charge in [0.1, 0.15) is 11.1 Å². The van der Waals surface area contributed by atoms with E-state index in [0.717, 1.165) is 0 Å². The van der Waals surface area contributed by atoms with Gasteiger partial charge in [-0.15, -0.1) is 0 Å². The van der Waals surface area contributed by atoms with E-state index in [1.165, 1.54) is 0 Å². The van der Waals surface area contributed by atoms with E-state index in [2.05, 4.69) is 4.98 Å². The number of aliphatic carboxylic acids is 1. The molecule has 0 spiro atoms. The van der Waals surface area contributed by atoms with E-state index in [9.17, 15) is 9.00 Å². The Morgan fingerprint density at radius 2 is 2.46 bits per heavy atom. The zero-order valence-corrected chi connectivity index (χ0v) is 7.58. The molecule has 0 aliphatic carbocycles. The molecule has 0 radical (unpaired) electrons. The van der Waals surface area contributed by atoms with Crippen LogP contribution in [0.1, 0.15) is 0 Å². The molecule has 4 N–H and O–H groups in total. The number of carboxylic acids is 1. The molecule has 13 heavy (non-hydrogen) atoms. The van der Waals surface area contributed by atoms with Gasteiger partial charge in [-0.2, -0.15) is 0 Å². The summed E-state index contributed by atoms with van der Waals surface area (Å²) in [6.07, 6.45) is 1.62. The van der Waals surface area contributed by atoms with Crippen molar-refractivity contribution in [2.45, 2.75) is 11.1 Å². The van der Waals surface area contributed by atoms with Crippen molar-refractivity contribution in [3.63, 3.8) is 0 Å². The topological polar surface area (TPSA) is 96.2 Å². The Kier molecular flexibility index (Phi) is 3.21. The number of H-pyrrole nitrogens is 1. The van der Waals surface area contributed by atoms with Crippen LogP contribution in [-0.4, -0.2) is 32.1 Å². The van der Waals surface area contributed by atoms with Gasteiger partial charge >= 0.3 is 5.97 Å². The summed E-state index contributed by atoms with van der Waals surface area (Å²) in [5.74, 6) is -1.21. The Balaban J connectivity index is 2.56. The molecule has 1 heterocycles. The lowest BCUT2D eigenvalue weighted by atomic mass is 10.4. The van der Waals surface area contributed by atoms with Crippen LogP contribution in [0.2, 0.25) is 0 Å². The summed E-state index contributed by atoms with van der Waals surface area (Å²) >= 11 is 0. The van der Waals surface area contributed by atoms with Crippen molar-refractivity contribution in [2.24, 2.45) is 5.73 Å². The molecule has 1 rings (SSSR count). The molecule has 1 aromatic rings. The summed E-state index contributed by atoms with van der Waals surface area (Å²) in [6.45, 7) is 0. The maximum atomic E-state index is 11.4. The largest absolute Gasteiger partial charge is 0.480 e. The monoisotopic (exact) mass is 202 g/mol. The van der Waals surface area contributed by atoms with E-state index in [-0.39, 0.29) is 5.75 Å². The second kappa shape index (κ2) is 4.20. The predicted octanol–water partition coefficient (Wildman–Crippen LogP) is -0.466. The minimum atomic E-state index is -1.36. The highest BCUT2D eigenvalue weighted by molar-refractivity contribution is 7.85. The van der Waals surface area contributed by atoms with Gasteiger partial charge in [-0.05, 0) is 12.1 Å². The summed E-state index contributed by atoms with van der Waals surface area (Å²) < 4.78 is 11.4. The number of carbonyl (C=O) groups is 1. The highest BCUT2D eigenvalue weighted by Gasteiger charge is 2.16. The Morgan fingerprint density at radius 3 is 2.92 bits per heavy atom. The van der Waals surface area contributed by atoms with E-state index in [0.29, 0.717) is 5.03 Å². The minimum Gasteiger partial charge on any atom is -0.480 e. The number of hydrogen-bond donors (Lipinski definition) is 3. The molecule has 0 aromatic carbocycles. The summed E-state index contributed by atoms with van der Waals surface area (Å²) in [5.41, 5.74) is 5.22. The predicted molar refractivity (Wildman–Crippen MR) is 47.7 cm³/mol. The maximum Gasteiger partial charge on any atom is 0.321 e.